The second-order valence-corrected chi connectivity index (χ2v) is 4.56. The van der Waals surface area contributed by atoms with Crippen LogP contribution in [0.4, 0.5) is 4.79 Å². The van der Waals surface area contributed by atoms with Crippen molar-refractivity contribution in [3.8, 4) is 0 Å². The molecule has 0 aromatic rings. The molecule has 0 saturated heterocycles. The number of nitrogens with one attached hydrogen (secondary N) is 3. The smallest absolute Gasteiger partial charge is 0.407 e. The average Bonchev–Trinajstić information content (AvgIpc) is 2.25. The molecule has 0 unspecified atom stereocenters. The van der Waals surface area contributed by atoms with Gasteiger partial charge >= 0.3 is 12.1 Å². The van der Waals surface area contributed by atoms with Crippen LogP contribution in [0.25, 0.3) is 0 Å². The number of ether oxygens (including phenoxy) is 1. The summed E-state index contributed by atoms with van der Waals surface area (Å²) in [4.78, 5) is 25.2. The van der Waals surface area contributed by atoms with Crippen LogP contribution in [0, 0.1) is 0 Å². The van der Waals surface area contributed by atoms with Gasteiger partial charge in [-0.1, -0.05) is 0 Å². The van der Waals surface area contributed by atoms with Crippen LogP contribution < -0.4 is 21.9 Å². The van der Waals surface area contributed by atoms with Gasteiger partial charge in [0.15, 0.2) is 0 Å². The lowest BCUT2D eigenvalue weighted by molar-refractivity contribution is -0.135. The molecular weight excluding hydrogens is 254 g/mol. The maximum atomic E-state index is 11.3. The molecule has 9 nitrogen and oxygen atoms in total. The summed E-state index contributed by atoms with van der Waals surface area (Å²) >= 11 is 0. The number of hydrazine groups is 1. The summed E-state index contributed by atoms with van der Waals surface area (Å²) in [6, 6.07) is 0. The number of aliphatic carboxylic acids is 1. The molecule has 9 heteroatoms. The summed E-state index contributed by atoms with van der Waals surface area (Å²) in [6.07, 6.45) is -0.529. The van der Waals surface area contributed by atoms with E-state index in [1.165, 1.54) is 0 Å². The monoisotopic (exact) mass is 275 g/mol. The Balaban J connectivity index is 3.86. The highest BCUT2D eigenvalue weighted by molar-refractivity contribution is 5.82. The molecule has 6 N–H and O–H groups in total. The van der Waals surface area contributed by atoms with E-state index in [1.807, 2.05) is 0 Å². The minimum Gasteiger partial charge on any atom is -0.480 e. The number of carboxylic acids is 1. The molecule has 0 aliphatic rings. The van der Waals surface area contributed by atoms with Crippen molar-refractivity contribution in [2.45, 2.75) is 26.4 Å². The van der Waals surface area contributed by atoms with Crippen molar-refractivity contribution in [3.05, 3.63) is 0 Å². The number of alkyl carbamates (subject to hydrolysis) is 1. The quantitative estimate of drug-likeness (QED) is 0.143. The molecule has 0 aliphatic heterocycles. The van der Waals surface area contributed by atoms with Crippen molar-refractivity contribution < 1.29 is 19.4 Å². The zero-order valence-electron chi connectivity index (χ0n) is 11.3. The van der Waals surface area contributed by atoms with Crippen molar-refractivity contribution in [1.29, 1.82) is 0 Å². The third kappa shape index (κ3) is 10.8. The Bertz CT molecular complexity index is 337. The van der Waals surface area contributed by atoms with Gasteiger partial charge in [-0.25, -0.2) is 15.6 Å². The van der Waals surface area contributed by atoms with Gasteiger partial charge in [-0.2, -0.15) is 0 Å². The summed E-state index contributed by atoms with van der Waals surface area (Å²) < 4.78 is 5.02. The van der Waals surface area contributed by atoms with Crippen LogP contribution >= 0.6 is 0 Å². The van der Waals surface area contributed by atoms with E-state index < -0.39 is 24.2 Å². The first-order valence-corrected chi connectivity index (χ1v) is 5.68. The molecule has 0 aromatic carbocycles. The SMILES string of the molecule is CC(C)(C)OC(=O)NCCNC(=NCC(=O)O)NN. The van der Waals surface area contributed by atoms with Gasteiger partial charge in [0, 0.05) is 13.1 Å². The third-order valence-corrected chi connectivity index (χ3v) is 1.59. The molecule has 0 aliphatic carbocycles. The van der Waals surface area contributed by atoms with E-state index in [-0.39, 0.29) is 12.5 Å². The Morgan fingerprint density at radius 1 is 1.26 bits per heavy atom. The molecule has 0 aromatic heterocycles. The first kappa shape index (κ1) is 17.0. The topological polar surface area (TPSA) is 138 Å². The predicted octanol–water partition coefficient (Wildman–Crippen LogP) is -0.995. The number of guanidine groups is 1. The Morgan fingerprint density at radius 3 is 2.32 bits per heavy atom. The molecule has 0 radical (unpaired) electrons. The molecule has 0 saturated carbocycles. The normalized spacial score (nSPS) is 11.7. The lowest BCUT2D eigenvalue weighted by Crippen LogP contribution is -2.45. The van der Waals surface area contributed by atoms with E-state index in [0.29, 0.717) is 6.54 Å². The van der Waals surface area contributed by atoms with E-state index in [2.05, 4.69) is 21.1 Å². The van der Waals surface area contributed by atoms with Crippen LogP contribution in [0.15, 0.2) is 4.99 Å². The maximum Gasteiger partial charge on any atom is 0.407 e. The summed E-state index contributed by atoms with van der Waals surface area (Å²) in [5, 5.41) is 13.7. The van der Waals surface area contributed by atoms with E-state index in [4.69, 9.17) is 15.7 Å². The van der Waals surface area contributed by atoms with Crippen LogP contribution in [0.2, 0.25) is 0 Å². The third-order valence-electron chi connectivity index (χ3n) is 1.59. The summed E-state index contributed by atoms with van der Waals surface area (Å²) in [5.74, 6) is 4.20. The highest BCUT2D eigenvalue weighted by Crippen LogP contribution is 2.05. The second kappa shape index (κ2) is 8.14. The number of carboxylic acid groups (broad SMARTS) is 1. The van der Waals surface area contributed by atoms with Crippen molar-refractivity contribution in [2.75, 3.05) is 19.6 Å². The lowest BCUT2D eigenvalue weighted by atomic mass is 10.2. The molecule has 0 spiro atoms. The first-order chi connectivity index (χ1) is 8.74. The summed E-state index contributed by atoms with van der Waals surface area (Å²) in [6.45, 7) is 5.50. The standard InChI is InChI=1S/C10H21N5O4/c1-10(2,3)19-9(18)13-5-4-12-8(15-11)14-6-7(16)17/h4-6,11H2,1-3H3,(H,13,18)(H,16,17)(H2,12,14,15). The highest BCUT2D eigenvalue weighted by Gasteiger charge is 2.15. The number of hydrogen-bond donors (Lipinski definition) is 5. The fourth-order valence-corrected chi connectivity index (χ4v) is 0.959. The van der Waals surface area contributed by atoms with Crippen LogP contribution in [-0.2, 0) is 9.53 Å². The number of rotatable bonds is 5. The number of hydrogen-bond acceptors (Lipinski definition) is 5. The van der Waals surface area contributed by atoms with Gasteiger partial charge in [-0.15, -0.1) is 0 Å². The van der Waals surface area contributed by atoms with E-state index in [1.54, 1.807) is 20.8 Å². The second-order valence-electron chi connectivity index (χ2n) is 4.56. The fourth-order valence-electron chi connectivity index (χ4n) is 0.959. The fraction of sp³-hybridized carbons (Fsp3) is 0.700. The predicted molar refractivity (Wildman–Crippen MR) is 69.5 cm³/mol. The minimum absolute atomic E-state index is 0.133. The van der Waals surface area contributed by atoms with Crippen molar-refractivity contribution in [2.24, 2.45) is 10.8 Å². The molecule has 0 fully saturated rings. The zero-order chi connectivity index (χ0) is 14.9. The highest BCUT2D eigenvalue weighted by atomic mass is 16.6. The summed E-state index contributed by atoms with van der Waals surface area (Å²) in [7, 11) is 0. The largest absolute Gasteiger partial charge is 0.480 e. The van der Waals surface area contributed by atoms with Gasteiger partial charge < -0.3 is 20.5 Å². The van der Waals surface area contributed by atoms with Crippen molar-refractivity contribution in [1.82, 2.24) is 16.1 Å². The van der Waals surface area contributed by atoms with Gasteiger partial charge in [-0.05, 0) is 20.8 Å². The minimum atomic E-state index is -1.07. The van der Waals surface area contributed by atoms with Crippen LogP contribution in [0.5, 0.6) is 0 Å². The molecule has 110 valence electrons. The Kier molecular flexibility index (Phi) is 7.27. The van der Waals surface area contributed by atoms with Gasteiger partial charge in [0.1, 0.15) is 12.1 Å². The van der Waals surface area contributed by atoms with Gasteiger partial charge in [-0.3, -0.25) is 10.2 Å². The first-order valence-electron chi connectivity index (χ1n) is 5.68. The molecule has 0 rings (SSSR count). The maximum absolute atomic E-state index is 11.3. The van der Waals surface area contributed by atoms with E-state index in [0.717, 1.165) is 0 Å². The number of aliphatic imine (C=N–C) groups is 1. The lowest BCUT2D eigenvalue weighted by Gasteiger charge is -2.19. The number of nitrogens with two attached hydrogens (primary N) is 1. The van der Waals surface area contributed by atoms with Crippen molar-refractivity contribution >= 4 is 18.0 Å². The van der Waals surface area contributed by atoms with Gasteiger partial charge in [0.05, 0.1) is 0 Å². The molecule has 1 amide bonds. The average molecular weight is 275 g/mol. The number of carbonyl (C=O) groups is 2. The summed E-state index contributed by atoms with van der Waals surface area (Å²) in [5.41, 5.74) is 1.66. The van der Waals surface area contributed by atoms with Gasteiger partial charge in [0.2, 0.25) is 5.96 Å². The number of amides is 1. The zero-order valence-corrected chi connectivity index (χ0v) is 11.3. The van der Waals surface area contributed by atoms with Crippen LogP contribution in [0.3, 0.4) is 0 Å². The Morgan fingerprint density at radius 2 is 1.84 bits per heavy atom. The molecule has 0 bridgehead atoms. The number of nitrogens with zero attached hydrogens (tertiary/aromatic N) is 1. The van der Waals surface area contributed by atoms with Crippen LogP contribution in [0.1, 0.15) is 20.8 Å². The number of carbonyl (C=O) groups excluding carboxylic acids is 1. The molecule has 19 heavy (non-hydrogen) atoms. The Hall–Kier alpha value is -2.03. The van der Waals surface area contributed by atoms with Crippen molar-refractivity contribution in [3.63, 3.8) is 0 Å². The Labute approximate surface area is 111 Å². The molecular formula is C10H21N5O4. The van der Waals surface area contributed by atoms with E-state index >= 15 is 0 Å². The van der Waals surface area contributed by atoms with Crippen LogP contribution in [-0.4, -0.2) is 48.4 Å². The molecule has 0 heterocycles. The van der Waals surface area contributed by atoms with Gasteiger partial charge in [0.25, 0.3) is 0 Å². The molecule has 0 atom stereocenters. The van der Waals surface area contributed by atoms with E-state index in [9.17, 15) is 9.59 Å².